The molecule has 0 aliphatic rings. The number of anilines is 1. The Morgan fingerprint density at radius 1 is 1.50 bits per heavy atom. The van der Waals surface area contributed by atoms with E-state index in [-0.39, 0.29) is 6.61 Å². The average Bonchev–Trinajstić information content (AvgIpc) is 2.28. The van der Waals surface area contributed by atoms with Gasteiger partial charge in [0.1, 0.15) is 0 Å². The molecule has 1 aromatic carbocycles. The minimum absolute atomic E-state index is 0.0195. The highest BCUT2D eigenvalue weighted by atomic mass is 35.5. The molecule has 0 saturated heterocycles. The van der Waals surface area contributed by atoms with E-state index in [1.165, 1.54) is 0 Å². The number of hydrogen-bond donors (Lipinski definition) is 1. The van der Waals surface area contributed by atoms with Gasteiger partial charge in [-0.25, -0.2) is 0 Å². The van der Waals surface area contributed by atoms with Crippen molar-refractivity contribution in [2.24, 2.45) is 0 Å². The highest BCUT2D eigenvalue weighted by molar-refractivity contribution is 6.31. The van der Waals surface area contributed by atoms with Gasteiger partial charge in [0.15, 0.2) is 0 Å². The number of nitrogens with zero attached hydrogens (tertiary/aromatic N) is 1. The van der Waals surface area contributed by atoms with E-state index < -0.39 is 0 Å². The van der Waals surface area contributed by atoms with Crippen LogP contribution in [0.3, 0.4) is 0 Å². The van der Waals surface area contributed by atoms with Crippen LogP contribution >= 0.6 is 11.6 Å². The third-order valence-corrected chi connectivity index (χ3v) is 2.77. The van der Waals surface area contributed by atoms with Crippen molar-refractivity contribution in [3.05, 3.63) is 41.4 Å². The van der Waals surface area contributed by atoms with E-state index in [1.807, 2.05) is 24.3 Å². The lowest BCUT2D eigenvalue weighted by Gasteiger charge is -2.23. The third-order valence-electron chi connectivity index (χ3n) is 2.42. The fourth-order valence-corrected chi connectivity index (χ4v) is 1.85. The zero-order chi connectivity index (χ0) is 12.0. The molecule has 0 aliphatic carbocycles. The first kappa shape index (κ1) is 13.1. The number of benzene rings is 1. The molecule has 0 fully saturated rings. The summed E-state index contributed by atoms with van der Waals surface area (Å²) in [5.41, 5.74) is 1.84. The SMILES string of the molecule is C=CCN(CCC)c1ccc(CO)c(Cl)c1. The Hall–Kier alpha value is -0.990. The normalized spacial score (nSPS) is 10.2. The van der Waals surface area contributed by atoms with Gasteiger partial charge in [0.2, 0.25) is 0 Å². The van der Waals surface area contributed by atoms with E-state index in [4.69, 9.17) is 16.7 Å². The second kappa shape index (κ2) is 6.56. The Bertz CT molecular complexity index is 352. The second-order valence-electron chi connectivity index (χ2n) is 3.67. The predicted molar refractivity (Wildman–Crippen MR) is 70.1 cm³/mol. The van der Waals surface area contributed by atoms with E-state index in [0.29, 0.717) is 5.02 Å². The lowest BCUT2D eigenvalue weighted by Crippen LogP contribution is -2.23. The maximum Gasteiger partial charge on any atom is 0.0696 e. The molecule has 1 rings (SSSR count). The molecule has 1 aromatic rings. The first-order chi connectivity index (χ1) is 7.72. The van der Waals surface area contributed by atoms with E-state index in [1.54, 1.807) is 0 Å². The Morgan fingerprint density at radius 2 is 2.25 bits per heavy atom. The van der Waals surface area contributed by atoms with E-state index >= 15 is 0 Å². The first-order valence-electron chi connectivity index (χ1n) is 5.48. The summed E-state index contributed by atoms with van der Waals surface area (Å²) in [6, 6.07) is 5.74. The molecule has 0 amide bonds. The molecule has 0 radical (unpaired) electrons. The van der Waals surface area contributed by atoms with Gasteiger partial charge >= 0.3 is 0 Å². The van der Waals surface area contributed by atoms with Gasteiger partial charge in [-0.2, -0.15) is 0 Å². The van der Waals surface area contributed by atoms with Gasteiger partial charge in [0.25, 0.3) is 0 Å². The van der Waals surface area contributed by atoms with Gasteiger partial charge in [-0.15, -0.1) is 6.58 Å². The molecule has 0 bridgehead atoms. The maximum atomic E-state index is 9.04. The second-order valence-corrected chi connectivity index (χ2v) is 4.08. The summed E-state index contributed by atoms with van der Waals surface area (Å²) < 4.78 is 0. The predicted octanol–water partition coefficient (Wildman–Crippen LogP) is 3.23. The van der Waals surface area contributed by atoms with E-state index in [9.17, 15) is 0 Å². The zero-order valence-electron chi connectivity index (χ0n) is 9.62. The lowest BCUT2D eigenvalue weighted by atomic mass is 10.2. The topological polar surface area (TPSA) is 23.5 Å². The lowest BCUT2D eigenvalue weighted by molar-refractivity contribution is 0.282. The van der Waals surface area contributed by atoms with Crippen LogP contribution in [0.25, 0.3) is 0 Å². The number of rotatable bonds is 6. The largest absolute Gasteiger partial charge is 0.392 e. The molecule has 88 valence electrons. The van der Waals surface area contributed by atoms with Crippen molar-refractivity contribution >= 4 is 17.3 Å². The third kappa shape index (κ3) is 3.26. The molecular weight excluding hydrogens is 222 g/mol. The summed E-state index contributed by atoms with van der Waals surface area (Å²) >= 11 is 6.06. The molecule has 1 N–H and O–H groups in total. The van der Waals surface area contributed by atoms with Crippen molar-refractivity contribution in [2.75, 3.05) is 18.0 Å². The molecule has 0 heterocycles. The molecule has 0 aliphatic heterocycles. The highest BCUT2D eigenvalue weighted by Crippen LogP contribution is 2.24. The quantitative estimate of drug-likeness (QED) is 0.771. The molecule has 16 heavy (non-hydrogen) atoms. The Labute approximate surface area is 102 Å². The summed E-state index contributed by atoms with van der Waals surface area (Å²) in [7, 11) is 0. The fraction of sp³-hybridized carbons (Fsp3) is 0.385. The summed E-state index contributed by atoms with van der Waals surface area (Å²) in [5, 5.41) is 9.66. The summed E-state index contributed by atoms with van der Waals surface area (Å²) in [6.45, 7) is 7.65. The first-order valence-corrected chi connectivity index (χ1v) is 5.85. The van der Waals surface area contributed by atoms with Crippen molar-refractivity contribution in [1.29, 1.82) is 0 Å². The van der Waals surface area contributed by atoms with Gasteiger partial charge < -0.3 is 10.0 Å². The molecule has 0 saturated carbocycles. The standard InChI is InChI=1S/C13H18ClNO/c1-3-7-15(8-4-2)12-6-5-11(10-16)13(14)9-12/h3,5-6,9,16H,1,4,7-8,10H2,2H3. The molecule has 0 spiro atoms. The van der Waals surface area contributed by atoms with Crippen molar-refractivity contribution in [1.82, 2.24) is 0 Å². The molecule has 0 unspecified atom stereocenters. The van der Waals surface area contributed by atoms with Crippen LogP contribution in [-0.2, 0) is 6.61 Å². The van der Waals surface area contributed by atoms with Crippen LogP contribution in [0, 0.1) is 0 Å². The smallest absolute Gasteiger partial charge is 0.0696 e. The van der Waals surface area contributed by atoms with Crippen molar-refractivity contribution in [2.45, 2.75) is 20.0 Å². The van der Waals surface area contributed by atoms with Crippen molar-refractivity contribution < 1.29 is 5.11 Å². The van der Waals surface area contributed by atoms with Crippen LogP contribution in [0.5, 0.6) is 0 Å². The van der Waals surface area contributed by atoms with Crippen LogP contribution in [0.1, 0.15) is 18.9 Å². The van der Waals surface area contributed by atoms with Gasteiger partial charge in [-0.05, 0) is 24.1 Å². The zero-order valence-corrected chi connectivity index (χ0v) is 10.4. The molecule has 3 heteroatoms. The number of halogens is 1. The minimum Gasteiger partial charge on any atom is -0.392 e. The monoisotopic (exact) mass is 239 g/mol. The van der Waals surface area contributed by atoms with Gasteiger partial charge in [0.05, 0.1) is 6.61 Å². The van der Waals surface area contributed by atoms with Gasteiger partial charge in [0, 0.05) is 23.8 Å². The Morgan fingerprint density at radius 3 is 2.75 bits per heavy atom. The summed E-state index contributed by atoms with van der Waals surface area (Å²) in [6.07, 6.45) is 2.96. The van der Waals surface area contributed by atoms with Crippen LogP contribution in [0.15, 0.2) is 30.9 Å². The maximum absolute atomic E-state index is 9.04. The summed E-state index contributed by atoms with van der Waals surface area (Å²) in [4.78, 5) is 2.21. The average molecular weight is 240 g/mol. The highest BCUT2D eigenvalue weighted by Gasteiger charge is 2.06. The van der Waals surface area contributed by atoms with Gasteiger partial charge in [-0.3, -0.25) is 0 Å². The minimum atomic E-state index is -0.0195. The number of hydrogen-bond acceptors (Lipinski definition) is 2. The Balaban J connectivity index is 2.91. The molecular formula is C13H18ClNO. The summed E-state index contributed by atoms with van der Waals surface area (Å²) in [5.74, 6) is 0. The van der Waals surface area contributed by atoms with Crippen molar-refractivity contribution in [3.8, 4) is 0 Å². The van der Waals surface area contributed by atoms with Crippen LogP contribution in [-0.4, -0.2) is 18.2 Å². The fourth-order valence-electron chi connectivity index (χ4n) is 1.61. The van der Waals surface area contributed by atoms with Crippen LogP contribution < -0.4 is 4.90 Å². The molecule has 0 aromatic heterocycles. The number of aliphatic hydroxyl groups excluding tert-OH is 1. The number of aliphatic hydroxyl groups is 1. The van der Waals surface area contributed by atoms with Crippen molar-refractivity contribution in [3.63, 3.8) is 0 Å². The van der Waals surface area contributed by atoms with Crippen LogP contribution in [0.2, 0.25) is 5.02 Å². The van der Waals surface area contributed by atoms with Gasteiger partial charge in [-0.1, -0.05) is 30.7 Å². The molecule has 0 atom stereocenters. The van der Waals surface area contributed by atoms with Crippen LogP contribution in [0.4, 0.5) is 5.69 Å². The van der Waals surface area contributed by atoms with E-state index in [0.717, 1.165) is 30.8 Å². The molecule has 2 nitrogen and oxygen atoms in total. The van der Waals surface area contributed by atoms with E-state index in [2.05, 4.69) is 18.4 Å². The Kier molecular flexibility index (Phi) is 5.36.